The van der Waals surface area contributed by atoms with Crippen LogP contribution in [0.3, 0.4) is 0 Å². The predicted molar refractivity (Wildman–Crippen MR) is 106 cm³/mol. The van der Waals surface area contributed by atoms with Crippen LogP contribution in [0.15, 0.2) is 30.7 Å². The summed E-state index contributed by atoms with van der Waals surface area (Å²) in [5.41, 5.74) is 2.49. The molecule has 28 heavy (non-hydrogen) atoms. The van der Waals surface area contributed by atoms with E-state index >= 15 is 0 Å². The minimum absolute atomic E-state index is 0.0347. The van der Waals surface area contributed by atoms with Gasteiger partial charge >= 0.3 is 0 Å². The lowest BCUT2D eigenvalue weighted by Crippen LogP contribution is -2.42. The molecule has 0 spiro atoms. The minimum atomic E-state index is 0.0347. The van der Waals surface area contributed by atoms with E-state index in [2.05, 4.69) is 20.3 Å². The lowest BCUT2D eigenvalue weighted by molar-refractivity contribution is -0.117. The third kappa shape index (κ3) is 3.09. The number of nitrogens with one attached hydrogen (secondary N) is 2. The van der Waals surface area contributed by atoms with Crippen LogP contribution < -0.4 is 10.2 Å². The first-order valence-corrected chi connectivity index (χ1v) is 9.71. The number of nitrogens with zero attached hydrogens (tertiary/aromatic N) is 4. The summed E-state index contributed by atoms with van der Waals surface area (Å²) in [6.07, 6.45) is 8.43. The predicted octanol–water partition coefficient (Wildman–Crippen LogP) is 2.60. The highest BCUT2D eigenvalue weighted by molar-refractivity contribution is 6.01. The fourth-order valence-electron chi connectivity index (χ4n) is 3.96. The van der Waals surface area contributed by atoms with Crippen molar-refractivity contribution in [1.82, 2.24) is 19.9 Å². The van der Waals surface area contributed by atoms with Gasteiger partial charge in [-0.3, -0.25) is 9.69 Å². The van der Waals surface area contributed by atoms with Crippen molar-refractivity contribution in [2.45, 2.75) is 19.3 Å². The van der Waals surface area contributed by atoms with E-state index < -0.39 is 0 Å². The topological polar surface area (TPSA) is 96.0 Å². The zero-order valence-corrected chi connectivity index (χ0v) is 15.5. The molecule has 2 N–H and O–H groups in total. The Hall–Kier alpha value is -3.00. The zero-order chi connectivity index (χ0) is 18.9. The molecule has 8 heteroatoms. The molecule has 1 fully saturated rings. The highest BCUT2D eigenvalue weighted by Gasteiger charge is 2.28. The van der Waals surface area contributed by atoms with Crippen molar-refractivity contribution >= 4 is 28.6 Å². The first kappa shape index (κ1) is 17.1. The number of amides is 1. The molecule has 0 atom stereocenters. The number of aromatic nitrogens is 4. The standard InChI is InChI=1S/C20H22N6O2/c27-17-12-24-19-20(26(17)8-3-13-4-9-28-10-5-13)25-16(11-23-19)14-1-6-21-18-15(14)2-7-22-18/h1-2,6-7,11,13H,3-5,8-10,12H2,(H,21,22)(H,23,24). The number of pyridine rings is 1. The number of hydrogen-bond acceptors (Lipinski definition) is 6. The van der Waals surface area contributed by atoms with Gasteiger partial charge in [-0.1, -0.05) is 0 Å². The number of rotatable bonds is 4. The summed E-state index contributed by atoms with van der Waals surface area (Å²) >= 11 is 0. The van der Waals surface area contributed by atoms with Gasteiger partial charge in [-0.05, 0) is 37.3 Å². The minimum Gasteiger partial charge on any atom is -0.381 e. The molecule has 1 saturated heterocycles. The second-order valence-electron chi connectivity index (χ2n) is 7.27. The van der Waals surface area contributed by atoms with Crippen molar-refractivity contribution in [3.8, 4) is 11.3 Å². The molecule has 8 nitrogen and oxygen atoms in total. The Morgan fingerprint density at radius 2 is 2.11 bits per heavy atom. The van der Waals surface area contributed by atoms with Crippen LogP contribution in [0.2, 0.25) is 0 Å². The summed E-state index contributed by atoms with van der Waals surface area (Å²) in [6.45, 7) is 2.54. The summed E-state index contributed by atoms with van der Waals surface area (Å²) in [5.74, 6) is 1.90. The highest BCUT2D eigenvalue weighted by atomic mass is 16.5. The van der Waals surface area contributed by atoms with E-state index in [0.717, 1.165) is 54.8 Å². The number of aromatic amines is 1. The molecule has 5 heterocycles. The third-order valence-corrected chi connectivity index (χ3v) is 5.56. The maximum atomic E-state index is 12.6. The second-order valence-corrected chi connectivity index (χ2v) is 7.27. The van der Waals surface area contributed by atoms with Crippen LogP contribution in [0, 0.1) is 5.92 Å². The van der Waals surface area contributed by atoms with E-state index in [9.17, 15) is 4.79 Å². The maximum absolute atomic E-state index is 12.6. The lowest BCUT2D eigenvalue weighted by atomic mass is 9.96. The van der Waals surface area contributed by atoms with Crippen molar-refractivity contribution in [3.05, 3.63) is 30.7 Å². The van der Waals surface area contributed by atoms with Crippen molar-refractivity contribution in [2.24, 2.45) is 5.92 Å². The van der Waals surface area contributed by atoms with Gasteiger partial charge in [-0.25, -0.2) is 15.0 Å². The van der Waals surface area contributed by atoms with E-state index in [1.807, 2.05) is 18.3 Å². The summed E-state index contributed by atoms with van der Waals surface area (Å²) in [6, 6.07) is 3.90. The van der Waals surface area contributed by atoms with Crippen molar-refractivity contribution in [2.75, 3.05) is 36.5 Å². The van der Waals surface area contributed by atoms with E-state index in [-0.39, 0.29) is 12.5 Å². The molecule has 2 aliphatic rings. The average Bonchev–Trinajstić information content (AvgIpc) is 3.22. The number of fused-ring (bicyclic) bond motifs is 2. The van der Waals surface area contributed by atoms with Gasteiger partial charge in [0.1, 0.15) is 5.65 Å². The molecule has 5 rings (SSSR count). The van der Waals surface area contributed by atoms with Gasteiger partial charge < -0.3 is 15.0 Å². The summed E-state index contributed by atoms with van der Waals surface area (Å²) < 4.78 is 5.44. The van der Waals surface area contributed by atoms with Crippen LogP contribution in [-0.4, -0.2) is 52.1 Å². The van der Waals surface area contributed by atoms with Gasteiger partial charge in [0, 0.05) is 43.1 Å². The normalized spacial score (nSPS) is 17.6. The van der Waals surface area contributed by atoms with Gasteiger partial charge in [0.25, 0.3) is 0 Å². The molecular formula is C20H22N6O2. The average molecular weight is 378 g/mol. The Morgan fingerprint density at radius 1 is 1.21 bits per heavy atom. The molecule has 0 aliphatic carbocycles. The number of anilines is 2. The zero-order valence-electron chi connectivity index (χ0n) is 15.5. The molecule has 0 radical (unpaired) electrons. The summed E-state index contributed by atoms with van der Waals surface area (Å²) in [4.78, 5) is 31.2. The van der Waals surface area contributed by atoms with Crippen LogP contribution in [0.5, 0.6) is 0 Å². The Morgan fingerprint density at radius 3 is 3.00 bits per heavy atom. The number of hydrogen-bond donors (Lipinski definition) is 2. The molecule has 0 unspecified atom stereocenters. The van der Waals surface area contributed by atoms with Gasteiger partial charge in [0.15, 0.2) is 11.6 Å². The molecule has 1 amide bonds. The van der Waals surface area contributed by atoms with Crippen LogP contribution >= 0.6 is 0 Å². The molecule has 3 aromatic heterocycles. The second kappa shape index (κ2) is 7.20. The quantitative estimate of drug-likeness (QED) is 0.724. The number of carbonyl (C=O) groups excluding carboxylic acids is 1. The Balaban J connectivity index is 1.47. The maximum Gasteiger partial charge on any atom is 0.247 e. The Labute approximate surface area is 162 Å². The van der Waals surface area contributed by atoms with Gasteiger partial charge in [0.2, 0.25) is 5.91 Å². The lowest BCUT2D eigenvalue weighted by Gasteiger charge is -2.30. The number of carbonyl (C=O) groups is 1. The fourth-order valence-corrected chi connectivity index (χ4v) is 3.96. The molecule has 2 aliphatic heterocycles. The van der Waals surface area contributed by atoms with E-state index in [1.165, 1.54) is 0 Å². The monoisotopic (exact) mass is 378 g/mol. The molecule has 0 saturated carbocycles. The Bertz CT molecular complexity index is 1010. The van der Waals surface area contributed by atoms with Gasteiger partial charge in [0.05, 0.1) is 18.4 Å². The summed E-state index contributed by atoms with van der Waals surface area (Å²) in [5, 5.41) is 4.07. The summed E-state index contributed by atoms with van der Waals surface area (Å²) in [7, 11) is 0. The van der Waals surface area contributed by atoms with Crippen LogP contribution in [0.25, 0.3) is 22.3 Å². The molecule has 0 aromatic carbocycles. The smallest absolute Gasteiger partial charge is 0.247 e. The van der Waals surface area contributed by atoms with E-state index in [4.69, 9.17) is 9.72 Å². The van der Waals surface area contributed by atoms with Gasteiger partial charge in [-0.15, -0.1) is 0 Å². The largest absolute Gasteiger partial charge is 0.381 e. The SMILES string of the molecule is O=C1CNc2ncc(-c3ccnc4[nH]ccc34)nc2N1CCC1CCOCC1. The van der Waals surface area contributed by atoms with E-state index in [1.54, 1.807) is 17.3 Å². The van der Waals surface area contributed by atoms with Crippen molar-refractivity contribution < 1.29 is 9.53 Å². The number of ether oxygens (including phenoxy) is 1. The highest BCUT2D eigenvalue weighted by Crippen LogP contribution is 2.32. The van der Waals surface area contributed by atoms with E-state index in [0.29, 0.717) is 24.1 Å². The van der Waals surface area contributed by atoms with Crippen molar-refractivity contribution in [3.63, 3.8) is 0 Å². The number of H-pyrrole nitrogens is 1. The third-order valence-electron chi connectivity index (χ3n) is 5.56. The molecular weight excluding hydrogens is 356 g/mol. The van der Waals surface area contributed by atoms with Crippen LogP contribution in [0.4, 0.5) is 11.6 Å². The van der Waals surface area contributed by atoms with Crippen molar-refractivity contribution in [1.29, 1.82) is 0 Å². The molecule has 144 valence electrons. The fraction of sp³-hybridized carbons (Fsp3) is 0.400. The van der Waals surface area contributed by atoms with Crippen LogP contribution in [0.1, 0.15) is 19.3 Å². The Kier molecular flexibility index (Phi) is 4.40. The molecule has 0 bridgehead atoms. The first-order valence-electron chi connectivity index (χ1n) is 9.71. The first-order chi connectivity index (χ1) is 13.8. The van der Waals surface area contributed by atoms with Gasteiger partial charge in [-0.2, -0.15) is 0 Å². The van der Waals surface area contributed by atoms with Crippen LogP contribution in [-0.2, 0) is 9.53 Å². The molecule has 3 aromatic rings.